The smallest absolute Gasteiger partial charge is 0.257 e. The van der Waals surface area contributed by atoms with Gasteiger partial charge < -0.3 is 11.1 Å². The molecule has 1 unspecified atom stereocenters. The number of aromatic nitrogens is 5. The van der Waals surface area contributed by atoms with Gasteiger partial charge >= 0.3 is 0 Å². The van der Waals surface area contributed by atoms with Crippen LogP contribution in [0, 0.1) is 0 Å². The molecule has 2 aromatic rings. The molecule has 3 N–H and O–H groups in total. The predicted molar refractivity (Wildman–Crippen MR) is 73.4 cm³/mol. The van der Waals surface area contributed by atoms with Gasteiger partial charge in [0, 0.05) is 41.7 Å². The Morgan fingerprint density at radius 1 is 1.42 bits per heavy atom. The van der Waals surface area contributed by atoms with Crippen LogP contribution in [0.5, 0.6) is 0 Å². The van der Waals surface area contributed by atoms with Crippen molar-refractivity contribution in [1.29, 1.82) is 0 Å². The molecule has 0 aliphatic heterocycles. The number of hydrogen-bond acceptors (Lipinski definition) is 7. The van der Waals surface area contributed by atoms with Gasteiger partial charge in [0.1, 0.15) is 0 Å². The molecular weight excluding hydrogens is 266 g/mol. The first-order chi connectivity index (χ1) is 9.15. The molecule has 9 heteroatoms. The van der Waals surface area contributed by atoms with Crippen molar-refractivity contribution in [3.05, 3.63) is 18.5 Å². The van der Waals surface area contributed by atoms with Crippen LogP contribution in [0.15, 0.2) is 18.5 Å². The van der Waals surface area contributed by atoms with Crippen LogP contribution in [0.25, 0.3) is 5.95 Å². The van der Waals surface area contributed by atoms with E-state index in [0.717, 1.165) is 6.42 Å². The average Bonchev–Trinajstić information content (AvgIpc) is 2.87. The Morgan fingerprint density at radius 3 is 2.95 bits per heavy atom. The first kappa shape index (κ1) is 13.4. The van der Waals surface area contributed by atoms with Crippen molar-refractivity contribution < 1.29 is 4.21 Å². The highest BCUT2D eigenvalue weighted by molar-refractivity contribution is 7.84. The summed E-state index contributed by atoms with van der Waals surface area (Å²) in [6.45, 7) is 0.627. The number of nitrogens with one attached hydrogen (secondary N) is 1. The van der Waals surface area contributed by atoms with Gasteiger partial charge in [-0.05, 0) is 12.5 Å². The summed E-state index contributed by atoms with van der Waals surface area (Å²) in [5, 5.41) is 7.05. The minimum atomic E-state index is -0.788. The number of rotatable bonds is 6. The summed E-state index contributed by atoms with van der Waals surface area (Å²) in [4.78, 5) is 12.2. The fourth-order valence-electron chi connectivity index (χ4n) is 1.42. The summed E-state index contributed by atoms with van der Waals surface area (Å²) in [6, 6.07) is 1.77. The van der Waals surface area contributed by atoms with Gasteiger partial charge in [-0.2, -0.15) is 20.1 Å². The monoisotopic (exact) mass is 281 g/mol. The molecular formula is C10H15N7OS. The zero-order chi connectivity index (χ0) is 13.7. The number of hydrogen-bond donors (Lipinski definition) is 2. The molecule has 102 valence electrons. The van der Waals surface area contributed by atoms with Gasteiger partial charge in [0.2, 0.25) is 11.9 Å². The molecule has 0 aliphatic carbocycles. The van der Waals surface area contributed by atoms with Crippen molar-refractivity contribution in [1.82, 2.24) is 24.7 Å². The molecule has 0 saturated heterocycles. The summed E-state index contributed by atoms with van der Waals surface area (Å²) in [7, 11) is -0.788. The van der Waals surface area contributed by atoms with Gasteiger partial charge in [-0.3, -0.25) is 4.21 Å². The van der Waals surface area contributed by atoms with Crippen LogP contribution < -0.4 is 11.1 Å². The molecule has 0 radical (unpaired) electrons. The molecule has 2 aromatic heterocycles. The van der Waals surface area contributed by atoms with Crippen molar-refractivity contribution in [2.75, 3.05) is 29.6 Å². The molecule has 0 aliphatic rings. The molecule has 0 aromatic carbocycles. The summed E-state index contributed by atoms with van der Waals surface area (Å²) >= 11 is 0. The second kappa shape index (κ2) is 6.23. The van der Waals surface area contributed by atoms with Crippen molar-refractivity contribution in [2.45, 2.75) is 6.42 Å². The van der Waals surface area contributed by atoms with Crippen LogP contribution in [0.3, 0.4) is 0 Å². The fourth-order valence-corrected chi connectivity index (χ4v) is 1.98. The zero-order valence-electron chi connectivity index (χ0n) is 10.5. The van der Waals surface area contributed by atoms with Crippen molar-refractivity contribution in [3.63, 3.8) is 0 Å². The van der Waals surface area contributed by atoms with E-state index >= 15 is 0 Å². The maximum atomic E-state index is 10.9. The lowest BCUT2D eigenvalue weighted by Crippen LogP contribution is -2.13. The third-order valence-corrected chi connectivity index (χ3v) is 3.11. The standard InChI is InChI=1S/C10H15N7OS/c1-19(18)7-3-4-12-9-14-8(11)15-10(16-9)17-6-2-5-13-17/h2,5-6H,3-4,7H2,1H3,(H3,11,12,14,15,16). The lowest BCUT2D eigenvalue weighted by atomic mass is 10.5. The number of nitrogens with two attached hydrogens (primary N) is 1. The van der Waals surface area contributed by atoms with E-state index in [1.165, 1.54) is 4.68 Å². The van der Waals surface area contributed by atoms with Crippen LogP contribution in [0.2, 0.25) is 0 Å². The molecule has 1 atom stereocenters. The Hall–Kier alpha value is -2.03. The molecule has 0 spiro atoms. The van der Waals surface area contributed by atoms with Gasteiger partial charge in [-0.25, -0.2) is 4.68 Å². The van der Waals surface area contributed by atoms with Crippen molar-refractivity contribution in [2.24, 2.45) is 0 Å². The highest BCUT2D eigenvalue weighted by Gasteiger charge is 2.06. The lowest BCUT2D eigenvalue weighted by Gasteiger charge is -2.06. The van der Waals surface area contributed by atoms with Crippen LogP contribution in [0.1, 0.15) is 6.42 Å². The normalized spacial score (nSPS) is 12.3. The van der Waals surface area contributed by atoms with E-state index in [2.05, 4.69) is 25.4 Å². The highest BCUT2D eigenvalue weighted by atomic mass is 32.2. The molecule has 2 rings (SSSR count). The van der Waals surface area contributed by atoms with Gasteiger partial charge in [0.05, 0.1) is 0 Å². The van der Waals surface area contributed by atoms with Crippen LogP contribution in [0.4, 0.5) is 11.9 Å². The third-order valence-electron chi connectivity index (χ3n) is 2.24. The molecule has 0 bridgehead atoms. The highest BCUT2D eigenvalue weighted by Crippen LogP contribution is 2.06. The zero-order valence-corrected chi connectivity index (χ0v) is 11.3. The van der Waals surface area contributed by atoms with E-state index in [4.69, 9.17) is 5.73 Å². The molecule has 2 heterocycles. The molecule has 19 heavy (non-hydrogen) atoms. The van der Waals surface area contributed by atoms with E-state index < -0.39 is 10.8 Å². The number of anilines is 2. The minimum absolute atomic E-state index is 0.127. The third kappa shape index (κ3) is 3.98. The second-order valence-corrected chi connectivity index (χ2v) is 5.38. The van der Waals surface area contributed by atoms with Crippen LogP contribution in [-0.4, -0.2) is 47.5 Å². The van der Waals surface area contributed by atoms with E-state index in [1.807, 2.05) is 0 Å². The minimum Gasteiger partial charge on any atom is -0.368 e. The number of nitrogen functional groups attached to an aromatic ring is 1. The summed E-state index contributed by atoms with van der Waals surface area (Å²) < 4.78 is 12.4. The van der Waals surface area contributed by atoms with E-state index in [1.54, 1.807) is 24.7 Å². The predicted octanol–water partition coefficient (Wildman–Crippen LogP) is -0.180. The average molecular weight is 281 g/mol. The van der Waals surface area contributed by atoms with Gasteiger partial charge in [0.25, 0.3) is 5.95 Å². The topological polar surface area (TPSA) is 112 Å². The summed E-state index contributed by atoms with van der Waals surface area (Å²) in [6.07, 6.45) is 5.80. The molecule has 0 saturated carbocycles. The van der Waals surface area contributed by atoms with Gasteiger partial charge in [0.15, 0.2) is 0 Å². The Bertz CT molecular complexity index is 557. The Kier molecular flexibility index (Phi) is 4.39. The first-order valence-electron chi connectivity index (χ1n) is 5.70. The maximum Gasteiger partial charge on any atom is 0.257 e. The quantitative estimate of drug-likeness (QED) is 0.706. The van der Waals surface area contributed by atoms with E-state index in [9.17, 15) is 4.21 Å². The Balaban J connectivity index is 2.03. The SMILES string of the molecule is CS(=O)CCCNc1nc(N)nc(-n2cccn2)n1. The van der Waals surface area contributed by atoms with E-state index in [-0.39, 0.29) is 5.95 Å². The lowest BCUT2D eigenvalue weighted by molar-refractivity contribution is 0.685. The van der Waals surface area contributed by atoms with Crippen molar-refractivity contribution in [3.8, 4) is 5.95 Å². The summed E-state index contributed by atoms with van der Waals surface area (Å²) in [5.74, 6) is 1.51. The summed E-state index contributed by atoms with van der Waals surface area (Å²) in [5.41, 5.74) is 5.63. The second-order valence-electron chi connectivity index (χ2n) is 3.83. The van der Waals surface area contributed by atoms with Gasteiger partial charge in [-0.1, -0.05) is 0 Å². The van der Waals surface area contributed by atoms with Crippen LogP contribution >= 0.6 is 0 Å². The Labute approximate surface area is 112 Å². The molecule has 0 amide bonds. The number of nitrogens with zero attached hydrogens (tertiary/aromatic N) is 5. The van der Waals surface area contributed by atoms with E-state index in [0.29, 0.717) is 24.2 Å². The van der Waals surface area contributed by atoms with Crippen LogP contribution in [-0.2, 0) is 10.8 Å². The molecule has 0 fully saturated rings. The molecule has 8 nitrogen and oxygen atoms in total. The Morgan fingerprint density at radius 2 is 2.26 bits per heavy atom. The first-order valence-corrected chi connectivity index (χ1v) is 7.43. The maximum absolute atomic E-state index is 10.9. The fraction of sp³-hybridized carbons (Fsp3) is 0.400. The van der Waals surface area contributed by atoms with Gasteiger partial charge in [-0.15, -0.1) is 0 Å². The van der Waals surface area contributed by atoms with Crippen molar-refractivity contribution >= 4 is 22.7 Å². The largest absolute Gasteiger partial charge is 0.368 e.